The number of carbonyl (C=O) groups excluding carboxylic acids is 1. The largest absolute Gasteiger partial charge is 0.340 e. The molecule has 0 aromatic carbocycles. The summed E-state index contributed by atoms with van der Waals surface area (Å²) in [6.45, 7) is 5.46. The number of hydrogen-bond acceptors (Lipinski definition) is 3. The molecule has 0 unspecified atom stereocenters. The Hall–Kier alpha value is -0.610. The fourth-order valence-corrected chi connectivity index (χ4v) is 3.35. The third-order valence-electron chi connectivity index (χ3n) is 4.61. The highest BCUT2D eigenvalue weighted by Crippen LogP contribution is 2.26. The molecular weight excluding hydrogens is 238 g/mol. The summed E-state index contributed by atoms with van der Waals surface area (Å²) in [5.41, 5.74) is 5.57. The normalized spacial score (nSPS) is 23.3. The van der Waals surface area contributed by atoms with Crippen LogP contribution in [-0.4, -0.2) is 55.0 Å². The van der Waals surface area contributed by atoms with Gasteiger partial charge in [0, 0.05) is 45.7 Å². The van der Waals surface area contributed by atoms with Crippen molar-refractivity contribution >= 4 is 5.91 Å². The van der Waals surface area contributed by atoms with Gasteiger partial charge in [-0.2, -0.15) is 0 Å². The third-order valence-corrected chi connectivity index (χ3v) is 4.61. The molecule has 1 aliphatic carbocycles. The average Bonchev–Trinajstić information content (AvgIpc) is 2.68. The van der Waals surface area contributed by atoms with Gasteiger partial charge in [-0.3, -0.25) is 9.69 Å². The monoisotopic (exact) mass is 267 g/mol. The first-order valence-electron chi connectivity index (χ1n) is 8.00. The first kappa shape index (κ1) is 14.8. The van der Waals surface area contributed by atoms with Crippen molar-refractivity contribution in [1.29, 1.82) is 0 Å². The average molecular weight is 267 g/mol. The molecule has 0 atom stereocenters. The molecular formula is C15H29N3O. The quantitative estimate of drug-likeness (QED) is 0.784. The Bertz CT molecular complexity index is 267. The van der Waals surface area contributed by atoms with Crippen molar-refractivity contribution < 1.29 is 4.79 Å². The SMILES string of the molecule is NCCN1CCN(C(=O)CC2CCCCCC2)CC1. The molecule has 0 aromatic heterocycles. The van der Waals surface area contributed by atoms with Gasteiger partial charge in [-0.25, -0.2) is 0 Å². The summed E-state index contributed by atoms with van der Waals surface area (Å²) >= 11 is 0. The van der Waals surface area contributed by atoms with Crippen molar-refractivity contribution in [3.05, 3.63) is 0 Å². The molecule has 2 fully saturated rings. The third kappa shape index (κ3) is 4.77. The van der Waals surface area contributed by atoms with Crippen LogP contribution in [0.2, 0.25) is 0 Å². The van der Waals surface area contributed by atoms with Gasteiger partial charge < -0.3 is 10.6 Å². The summed E-state index contributed by atoms with van der Waals surface area (Å²) in [4.78, 5) is 16.7. The van der Waals surface area contributed by atoms with E-state index in [0.717, 1.165) is 45.7 Å². The smallest absolute Gasteiger partial charge is 0.222 e. The first-order valence-corrected chi connectivity index (χ1v) is 8.00. The summed E-state index contributed by atoms with van der Waals surface area (Å²) in [6.07, 6.45) is 8.68. The van der Waals surface area contributed by atoms with Crippen molar-refractivity contribution in [2.45, 2.75) is 44.9 Å². The molecule has 1 aliphatic heterocycles. The van der Waals surface area contributed by atoms with Gasteiger partial charge in [0.15, 0.2) is 0 Å². The first-order chi connectivity index (χ1) is 9.29. The van der Waals surface area contributed by atoms with Crippen LogP contribution in [0.25, 0.3) is 0 Å². The molecule has 2 N–H and O–H groups in total. The van der Waals surface area contributed by atoms with E-state index < -0.39 is 0 Å². The van der Waals surface area contributed by atoms with Crippen LogP contribution < -0.4 is 5.73 Å². The van der Waals surface area contributed by atoms with Gasteiger partial charge in [-0.05, 0) is 18.8 Å². The Kier molecular flexibility index (Phi) is 6.11. The van der Waals surface area contributed by atoms with Gasteiger partial charge in [-0.15, -0.1) is 0 Å². The lowest BCUT2D eigenvalue weighted by Crippen LogP contribution is -2.50. The summed E-state index contributed by atoms with van der Waals surface area (Å²) in [5, 5.41) is 0. The van der Waals surface area contributed by atoms with Crippen molar-refractivity contribution in [3.8, 4) is 0 Å². The molecule has 19 heavy (non-hydrogen) atoms. The molecule has 1 amide bonds. The van der Waals surface area contributed by atoms with Crippen LogP contribution in [0.1, 0.15) is 44.9 Å². The molecule has 4 nitrogen and oxygen atoms in total. The van der Waals surface area contributed by atoms with Crippen molar-refractivity contribution in [2.75, 3.05) is 39.3 Å². The summed E-state index contributed by atoms with van der Waals surface area (Å²) < 4.78 is 0. The molecule has 1 saturated carbocycles. The van der Waals surface area contributed by atoms with Gasteiger partial charge in [0.2, 0.25) is 5.91 Å². The van der Waals surface area contributed by atoms with Crippen LogP contribution in [0.5, 0.6) is 0 Å². The van der Waals surface area contributed by atoms with Gasteiger partial charge in [0.25, 0.3) is 0 Å². The Labute approximate surface area is 117 Å². The van der Waals surface area contributed by atoms with Crippen LogP contribution in [0.3, 0.4) is 0 Å². The van der Waals surface area contributed by atoms with Crippen molar-refractivity contribution in [3.63, 3.8) is 0 Å². The van der Waals surface area contributed by atoms with E-state index in [1.54, 1.807) is 0 Å². The van der Waals surface area contributed by atoms with E-state index in [0.29, 0.717) is 11.8 Å². The van der Waals surface area contributed by atoms with E-state index in [-0.39, 0.29) is 0 Å². The second-order valence-electron chi connectivity index (χ2n) is 6.07. The maximum Gasteiger partial charge on any atom is 0.222 e. The van der Waals surface area contributed by atoms with E-state index in [4.69, 9.17) is 5.73 Å². The lowest BCUT2D eigenvalue weighted by Gasteiger charge is -2.35. The van der Waals surface area contributed by atoms with Gasteiger partial charge >= 0.3 is 0 Å². The number of hydrogen-bond donors (Lipinski definition) is 1. The van der Waals surface area contributed by atoms with E-state index >= 15 is 0 Å². The Balaban J connectivity index is 1.71. The Morgan fingerprint density at radius 3 is 2.21 bits per heavy atom. The second kappa shape index (κ2) is 7.85. The maximum atomic E-state index is 12.3. The van der Waals surface area contributed by atoms with Gasteiger partial charge in [-0.1, -0.05) is 25.7 Å². The fourth-order valence-electron chi connectivity index (χ4n) is 3.35. The van der Waals surface area contributed by atoms with Crippen LogP contribution in [0.4, 0.5) is 0 Å². The zero-order chi connectivity index (χ0) is 13.5. The molecule has 0 bridgehead atoms. The van der Waals surface area contributed by atoms with Gasteiger partial charge in [0.05, 0.1) is 0 Å². The maximum absolute atomic E-state index is 12.3. The fraction of sp³-hybridized carbons (Fsp3) is 0.933. The molecule has 2 rings (SSSR count). The van der Waals surface area contributed by atoms with Crippen molar-refractivity contribution in [2.24, 2.45) is 11.7 Å². The van der Waals surface area contributed by atoms with E-state index in [2.05, 4.69) is 9.80 Å². The predicted molar refractivity (Wildman–Crippen MR) is 77.9 cm³/mol. The number of carbonyl (C=O) groups is 1. The number of rotatable bonds is 4. The number of amides is 1. The van der Waals surface area contributed by atoms with E-state index in [1.807, 2.05) is 0 Å². The molecule has 2 aliphatic rings. The van der Waals surface area contributed by atoms with E-state index in [9.17, 15) is 4.79 Å². The second-order valence-corrected chi connectivity index (χ2v) is 6.07. The number of nitrogens with zero attached hydrogens (tertiary/aromatic N) is 2. The highest BCUT2D eigenvalue weighted by Gasteiger charge is 2.23. The molecule has 110 valence electrons. The molecule has 0 radical (unpaired) electrons. The number of nitrogens with two attached hydrogens (primary N) is 1. The summed E-state index contributed by atoms with van der Waals surface area (Å²) in [6, 6.07) is 0. The van der Waals surface area contributed by atoms with Crippen LogP contribution in [0.15, 0.2) is 0 Å². The predicted octanol–water partition coefficient (Wildman–Crippen LogP) is 1.45. The van der Waals surface area contributed by atoms with Crippen LogP contribution in [-0.2, 0) is 4.79 Å². The van der Waals surface area contributed by atoms with Crippen LogP contribution in [0, 0.1) is 5.92 Å². The summed E-state index contributed by atoms with van der Waals surface area (Å²) in [7, 11) is 0. The highest BCUT2D eigenvalue weighted by atomic mass is 16.2. The minimum atomic E-state index is 0.388. The molecule has 1 saturated heterocycles. The minimum absolute atomic E-state index is 0.388. The lowest BCUT2D eigenvalue weighted by atomic mass is 9.96. The lowest BCUT2D eigenvalue weighted by molar-refractivity contribution is -0.134. The zero-order valence-corrected chi connectivity index (χ0v) is 12.1. The van der Waals surface area contributed by atoms with Crippen LogP contribution >= 0.6 is 0 Å². The molecule has 1 heterocycles. The zero-order valence-electron chi connectivity index (χ0n) is 12.1. The molecule has 4 heteroatoms. The van der Waals surface area contributed by atoms with Gasteiger partial charge in [0.1, 0.15) is 0 Å². The standard InChI is InChI=1S/C15H29N3O/c16-7-8-17-9-11-18(12-10-17)15(19)13-14-5-3-1-2-4-6-14/h14H,1-13,16H2. The van der Waals surface area contributed by atoms with E-state index in [1.165, 1.54) is 38.5 Å². The molecule has 0 spiro atoms. The highest BCUT2D eigenvalue weighted by molar-refractivity contribution is 5.76. The number of piperazine rings is 1. The Morgan fingerprint density at radius 2 is 1.63 bits per heavy atom. The van der Waals surface area contributed by atoms with Crippen molar-refractivity contribution in [1.82, 2.24) is 9.80 Å². The Morgan fingerprint density at radius 1 is 1.00 bits per heavy atom. The molecule has 0 aromatic rings. The summed E-state index contributed by atoms with van der Waals surface area (Å²) in [5.74, 6) is 1.04. The topological polar surface area (TPSA) is 49.6 Å². The minimum Gasteiger partial charge on any atom is -0.340 e.